The lowest BCUT2D eigenvalue weighted by Crippen LogP contribution is -2.42. The third-order valence-corrected chi connectivity index (χ3v) is 9.33. The van der Waals surface area contributed by atoms with E-state index >= 15 is 0 Å². The molecule has 4 atom stereocenters. The number of cyclic esters (lactones) is 2. The summed E-state index contributed by atoms with van der Waals surface area (Å²) in [6.45, 7) is 0. The van der Waals surface area contributed by atoms with Crippen LogP contribution in [-0.2, 0) is 14.3 Å². The molecule has 1 fully saturated rings. The minimum Gasteiger partial charge on any atom is -0.393 e. The zero-order valence-electron chi connectivity index (χ0n) is 18.8. The average molecular weight is 453 g/mol. The Hall–Kier alpha value is -3.98. The van der Waals surface area contributed by atoms with E-state index in [1.54, 1.807) is 0 Å². The van der Waals surface area contributed by atoms with Crippen LogP contribution >= 0.6 is 0 Å². The van der Waals surface area contributed by atoms with E-state index in [0.29, 0.717) is 0 Å². The van der Waals surface area contributed by atoms with Gasteiger partial charge in [0.05, 0.1) is 11.8 Å². The van der Waals surface area contributed by atoms with Crippen LogP contribution in [0.1, 0.15) is 79.3 Å². The van der Waals surface area contributed by atoms with Gasteiger partial charge in [-0.15, -0.1) is 0 Å². The van der Waals surface area contributed by atoms with Gasteiger partial charge in [-0.25, -0.2) is 0 Å². The lowest BCUT2D eigenvalue weighted by Gasteiger charge is -2.48. The van der Waals surface area contributed by atoms with Gasteiger partial charge >= 0.3 is 11.9 Å². The van der Waals surface area contributed by atoms with Crippen LogP contribution in [0.2, 0.25) is 0 Å². The maximum atomic E-state index is 12.9. The van der Waals surface area contributed by atoms with Crippen molar-refractivity contribution in [3.8, 4) is 0 Å². The summed E-state index contributed by atoms with van der Waals surface area (Å²) < 4.78 is 5.26. The van der Waals surface area contributed by atoms with Gasteiger partial charge in [0, 0.05) is 23.7 Å². The molecule has 11 rings (SSSR count). The molecule has 0 radical (unpaired) electrons. The van der Waals surface area contributed by atoms with E-state index in [1.807, 2.05) is 12.1 Å². The number of carbonyl (C=O) groups excluding carboxylic acids is 2. The van der Waals surface area contributed by atoms with E-state index in [2.05, 4.69) is 72.8 Å². The second kappa shape index (κ2) is 5.98. The molecule has 0 saturated carbocycles. The minimum absolute atomic E-state index is 0.133. The summed E-state index contributed by atoms with van der Waals surface area (Å²) in [5, 5.41) is 0. The first kappa shape index (κ1) is 18.4. The predicted molar refractivity (Wildman–Crippen MR) is 129 cm³/mol. The Morgan fingerprint density at radius 3 is 1.14 bits per heavy atom. The van der Waals surface area contributed by atoms with Crippen LogP contribution in [0.5, 0.6) is 0 Å². The highest BCUT2D eigenvalue weighted by molar-refractivity contribution is 6.00. The maximum absolute atomic E-state index is 12.9. The van der Waals surface area contributed by atoms with Crippen LogP contribution in [0.3, 0.4) is 0 Å². The monoisotopic (exact) mass is 452 g/mol. The molecule has 0 amide bonds. The SMILES string of the molecule is O=C1OC(=O)[C@@H]2[C@@H]3c4ccccc4[C@H](c4cc5c(cc43)C3c4ccccc4C5c4ccccc43)[C@@H]12. The Labute approximate surface area is 202 Å². The molecule has 166 valence electrons. The molecule has 1 saturated heterocycles. The molecule has 3 heteroatoms. The summed E-state index contributed by atoms with van der Waals surface area (Å²) in [6.07, 6.45) is 0. The van der Waals surface area contributed by atoms with E-state index in [1.165, 1.54) is 55.6 Å². The lowest BCUT2D eigenvalue weighted by atomic mass is 9.53. The number of ether oxygens (including phenoxy) is 1. The Balaban J connectivity index is 1.36. The van der Waals surface area contributed by atoms with E-state index in [4.69, 9.17) is 4.74 Å². The molecule has 3 nitrogen and oxygen atoms in total. The van der Waals surface area contributed by atoms with Crippen molar-refractivity contribution in [2.45, 2.75) is 23.7 Å². The third kappa shape index (κ3) is 1.98. The van der Waals surface area contributed by atoms with Gasteiger partial charge in [0.2, 0.25) is 0 Å². The van der Waals surface area contributed by atoms with Crippen LogP contribution in [0, 0.1) is 11.8 Å². The molecule has 6 aliphatic carbocycles. The fraction of sp³-hybridized carbons (Fsp3) is 0.188. The second-order valence-electron chi connectivity index (χ2n) is 10.6. The van der Waals surface area contributed by atoms with Gasteiger partial charge in [-0.3, -0.25) is 9.59 Å². The average Bonchev–Trinajstić information content (AvgIpc) is 3.21. The highest BCUT2D eigenvalue weighted by atomic mass is 16.6. The third-order valence-electron chi connectivity index (χ3n) is 9.33. The highest BCUT2D eigenvalue weighted by Gasteiger charge is 2.61. The van der Waals surface area contributed by atoms with Crippen LogP contribution in [-0.4, -0.2) is 11.9 Å². The summed E-state index contributed by atoms with van der Waals surface area (Å²) in [5.41, 5.74) is 13.0. The van der Waals surface area contributed by atoms with Gasteiger partial charge in [0.25, 0.3) is 0 Å². The first-order valence-corrected chi connectivity index (χ1v) is 12.4. The van der Waals surface area contributed by atoms with E-state index < -0.39 is 11.8 Å². The Kier molecular flexibility index (Phi) is 3.14. The predicted octanol–water partition coefficient (Wildman–Crippen LogP) is 5.58. The lowest BCUT2D eigenvalue weighted by molar-refractivity contribution is -0.153. The summed E-state index contributed by atoms with van der Waals surface area (Å²) >= 11 is 0. The van der Waals surface area contributed by atoms with Crippen molar-refractivity contribution >= 4 is 11.9 Å². The number of esters is 2. The zero-order valence-corrected chi connectivity index (χ0v) is 18.8. The summed E-state index contributed by atoms with van der Waals surface area (Å²) in [7, 11) is 0. The van der Waals surface area contributed by atoms with Crippen molar-refractivity contribution in [2.75, 3.05) is 0 Å². The maximum Gasteiger partial charge on any atom is 0.318 e. The first-order valence-electron chi connectivity index (χ1n) is 12.4. The van der Waals surface area contributed by atoms with Crippen molar-refractivity contribution < 1.29 is 14.3 Å². The minimum atomic E-state index is -0.423. The van der Waals surface area contributed by atoms with E-state index in [-0.39, 0.29) is 35.6 Å². The Morgan fingerprint density at radius 1 is 0.429 bits per heavy atom. The van der Waals surface area contributed by atoms with Gasteiger partial charge in [0.1, 0.15) is 0 Å². The molecule has 0 unspecified atom stereocenters. The van der Waals surface area contributed by atoms with E-state index in [0.717, 1.165) is 0 Å². The normalized spacial score (nSPS) is 29.5. The second-order valence-corrected chi connectivity index (χ2v) is 10.6. The molecule has 4 bridgehead atoms. The Bertz CT molecular complexity index is 1500. The molecule has 4 aromatic carbocycles. The van der Waals surface area contributed by atoms with Crippen molar-refractivity contribution in [1.82, 2.24) is 0 Å². The number of benzene rings is 4. The largest absolute Gasteiger partial charge is 0.393 e. The molecule has 35 heavy (non-hydrogen) atoms. The zero-order chi connectivity index (χ0) is 23.0. The van der Waals surface area contributed by atoms with Gasteiger partial charge in [0.15, 0.2) is 0 Å². The number of hydrogen-bond donors (Lipinski definition) is 0. The van der Waals surface area contributed by atoms with Gasteiger partial charge in [-0.05, 0) is 55.6 Å². The molecule has 7 aliphatic rings. The topological polar surface area (TPSA) is 43.4 Å². The molecule has 0 N–H and O–H groups in total. The fourth-order valence-electron chi connectivity index (χ4n) is 8.19. The van der Waals surface area contributed by atoms with Gasteiger partial charge in [-0.2, -0.15) is 0 Å². The summed E-state index contributed by atoms with van der Waals surface area (Å²) in [4.78, 5) is 25.9. The van der Waals surface area contributed by atoms with Crippen molar-refractivity contribution in [2.24, 2.45) is 11.8 Å². The summed E-state index contributed by atoms with van der Waals surface area (Å²) in [6, 6.07) is 30.8. The van der Waals surface area contributed by atoms with Crippen molar-refractivity contribution in [1.29, 1.82) is 0 Å². The standard InChI is InChI=1S/C32H20O3/c33-31-29-27-19-11-5-6-12-20(19)28(30(29)32(34)35-31)24-14-22-21(13-23(24)27)25-15-7-1-2-8-16(15)26(22)18-10-4-3-9-17(18)25/h1-14,25-30H/t25?,26?,27-,28-,29-,30-/m1/s1. The van der Waals surface area contributed by atoms with Gasteiger partial charge in [-0.1, -0.05) is 84.9 Å². The van der Waals surface area contributed by atoms with Crippen LogP contribution < -0.4 is 0 Å². The van der Waals surface area contributed by atoms with Crippen LogP contribution in [0.4, 0.5) is 0 Å². The molecule has 0 spiro atoms. The molecule has 0 aromatic heterocycles. The van der Waals surface area contributed by atoms with E-state index in [9.17, 15) is 9.59 Å². The molecular weight excluding hydrogens is 432 g/mol. The van der Waals surface area contributed by atoms with Gasteiger partial charge < -0.3 is 4.74 Å². The fourth-order valence-corrected chi connectivity index (χ4v) is 8.19. The highest BCUT2D eigenvalue weighted by Crippen LogP contribution is 2.63. The van der Waals surface area contributed by atoms with Crippen molar-refractivity contribution in [3.05, 3.63) is 141 Å². The first-order chi connectivity index (χ1) is 17.2. The quantitative estimate of drug-likeness (QED) is 0.223. The molecule has 4 aromatic rings. The van der Waals surface area contributed by atoms with Crippen molar-refractivity contribution in [3.63, 3.8) is 0 Å². The number of hydrogen-bond acceptors (Lipinski definition) is 3. The van der Waals surface area contributed by atoms with Crippen LogP contribution in [0.25, 0.3) is 0 Å². The summed E-state index contributed by atoms with van der Waals surface area (Å²) in [5.74, 6) is -1.44. The molecular formula is C32H20O3. The van der Waals surface area contributed by atoms with Crippen LogP contribution in [0.15, 0.2) is 84.9 Å². The molecule has 1 heterocycles. The Morgan fingerprint density at radius 2 is 0.771 bits per heavy atom. The number of rotatable bonds is 0. The molecule has 1 aliphatic heterocycles. The number of carbonyl (C=O) groups is 2. The smallest absolute Gasteiger partial charge is 0.318 e.